The molecule has 2 aromatic rings. The van der Waals surface area contributed by atoms with Gasteiger partial charge in [0.1, 0.15) is 13.2 Å². The van der Waals surface area contributed by atoms with Crippen LogP contribution in [0.3, 0.4) is 0 Å². The van der Waals surface area contributed by atoms with Gasteiger partial charge in [0, 0.05) is 18.8 Å². The number of hydrogen-bond acceptors (Lipinski definition) is 7. The lowest BCUT2D eigenvalue weighted by molar-refractivity contribution is -0.119. The van der Waals surface area contributed by atoms with Crippen LogP contribution in [-0.2, 0) is 19.6 Å². The number of carbonyl (C=O) groups is 2. The van der Waals surface area contributed by atoms with Gasteiger partial charge in [-0.25, -0.2) is 13.2 Å². The van der Waals surface area contributed by atoms with Crippen molar-refractivity contribution in [3.05, 3.63) is 48.0 Å². The fraction of sp³-hybridized carbons (Fsp3) is 0.333. The Morgan fingerprint density at radius 1 is 1.00 bits per heavy atom. The van der Waals surface area contributed by atoms with Gasteiger partial charge in [-0.15, -0.1) is 0 Å². The Morgan fingerprint density at radius 2 is 1.65 bits per heavy atom. The molecule has 10 heteroatoms. The lowest BCUT2D eigenvalue weighted by atomic mass is 10.2. The van der Waals surface area contributed by atoms with Crippen LogP contribution in [0.2, 0.25) is 0 Å². The molecular formula is C21H24N2O7S. The van der Waals surface area contributed by atoms with Crippen LogP contribution >= 0.6 is 0 Å². The molecule has 0 saturated carbocycles. The number of benzene rings is 2. The first-order valence-electron chi connectivity index (χ1n) is 9.82. The zero-order chi connectivity index (χ0) is 22.4. The van der Waals surface area contributed by atoms with E-state index in [1.165, 1.54) is 40.7 Å². The number of carbonyl (C=O) groups excluding carboxylic acids is 2. The van der Waals surface area contributed by atoms with Crippen molar-refractivity contribution in [2.24, 2.45) is 0 Å². The summed E-state index contributed by atoms with van der Waals surface area (Å²) in [4.78, 5) is 24.4. The Bertz CT molecular complexity index is 1050. The number of esters is 1. The highest BCUT2D eigenvalue weighted by Gasteiger charge is 2.21. The first-order chi connectivity index (χ1) is 14.8. The van der Waals surface area contributed by atoms with E-state index in [0.717, 1.165) is 0 Å². The molecule has 2 aromatic carbocycles. The second kappa shape index (κ2) is 9.80. The Kier molecular flexibility index (Phi) is 7.13. The number of anilines is 1. The third-order valence-corrected chi connectivity index (χ3v) is 6.66. The number of rotatable bonds is 8. The summed E-state index contributed by atoms with van der Waals surface area (Å²) in [6.45, 7) is 4.61. The minimum atomic E-state index is -3.57. The van der Waals surface area contributed by atoms with Crippen molar-refractivity contribution in [3.8, 4) is 11.5 Å². The summed E-state index contributed by atoms with van der Waals surface area (Å²) >= 11 is 0. The van der Waals surface area contributed by atoms with Crippen LogP contribution in [0.15, 0.2) is 47.4 Å². The molecule has 166 valence electrons. The van der Waals surface area contributed by atoms with Gasteiger partial charge in [-0.1, -0.05) is 13.8 Å². The summed E-state index contributed by atoms with van der Waals surface area (Å²) in [5, 5.41) is 2.57. The average Bonchev–Trinajstić information content (AvgIpc) is 2.78. The average molecular weight is 448 g/mol. The van der Waals surface area contributed by atoms with Crippen molar-refractivity contribution in [1.29, 1.82) is 0 Å². The molecule has 1 heterocycles. The molecule has 0 atom stereocenters. The summed E-state index contributed by atoms with van der Waals surface area (Å²) in [6, 6.07) is 10.5. The van der Waals surface area contributed by atoms with Gasteiger partial charge in [0.05, 0.1) is 10.5 Å². The van der Waals surface area contributed by atoms with Gasteiger partial charge in [0.2, 0.25) is 10.0 Å². The molecule has 0 spiro atoms. The molecule has 1 aliphatic heterocycles. The lowest BCUT2D eigenvalue weighted by Crippen LogP contribution is -2.30. The van der Waals surface area contributed by atoms with Crippen LogP contribution in [0.1, 0.15) is 24.2 Å². The van der Waals surface area contributed by atoms with Crippen LogP contribution in [0.4, 0.5) is 5.69 Å². The molecule has 0 saturated heterocycles. The van der Waals surface area contributed by atoms with E-state index in [1.807, 2.05) is 0 Å². The van der Waals surface area contributed by atoms with Crippen molar-refractivity contribution < 1.29 is 32.2 Å². The maximum Gasteiger partial charge on any atom is 0.338 e. The molecule has 0 unspecified atom stereocenters. The molecule has 0 fully saturated rings. The minimum Gasteiger partial charge on any atom is -0.486 e. The number of nitrogens with zero attached hydrogens (tertiary/aromatic N) is 1. The second-order valence-corrected chi connectivity index (χ2v) is 8.53. The summed E-state index contributed by atoms with van der Waals surface area (Å²) in [5.74, 6) is -0.227. The van der Waals surface area contributed by atoms with Crippen molar-refractivity contribution in [2.45, 2.75) is 18.7 Å². The third kappa shape index (κ3) is 5.33. The Hall–Kier alpha value is -3.11. The van der Waals surface area contributed by atoms with E-state index in [9.17, 15) is 18.0 Å². The van der Waals surface area contributed by atoms with Crippen molar-refractivity contribution in [1.82, 2.24) is 4.31 Å². The molecule has 0 aromatic heterocycles. The monoisotopic (exact) mass is 448 g/mol. The third-order valence-electron chi connectivity index (χ3n) is 4.59. The van der Waals surface area contributed by atoms with Crippen LogP contribution in [0.25, 0.3) is 0 Å². The highest BCUT2D eigenvalue weighted by atomic mass is 32.2. The van der Waals surface area contributed by atoms with Crippen molar-refractivity contribution in [3.63, 3.8) is 0 Å². The molecule has 0 radical (unpaired) electrons. The van der Waals surface area contributed by atoms with E-state index in [0.29, 0.717) is 43.5 Å². The smallest absolute Gasteiger partial charge is 0.338 e. The number of sulfonamides is 1. The number of ether oxygens (including phenoxy) is 3. The maximum absolute atomic E-state index is 12.5. The quantitative estimate of drug-likeness (QED) is 0.617. The van der Waals surface area contributed by atoms with E-state index in [-0.39, 0.29) is 10.5 Å². The molecule has 0 aliphatic carbocycles. The predicted octanol–water partition coefficient (Wildman–Crippen LogP) is 2.28. The second-order valence-electron chi connectivity index (χ2n) is 6.60. The standard InChI is InChI=1S/C21H24N2O7S/c1-3-23(4-2)31(26,27)17-8-6-16(7-9-17)22-20(24)14-30-21(25)15-5-10-18-19(13-15)29-12-11-28-18/h5-10,13H,3-4,11-12,14H2,1-2H3,(H,22,24). The maximum atomic E-state index is 12.5. The minimum absolute atomic E-state index is 0.138. The van der Waals surface area contributed by atoms with Crippen LogP contribution in [0.5, 0.6) is 11.5 Å². The van der Waals surface area contributed by atoms with Gasteiger partial charge in [-0.3, -0.25) is 4.79 Å². The number of nitrogens with one attached hydrogen (secondary N) is 1. The SMILES string of the molecule is CCN(CC)S(=O)(=O)c1ccc(NC(=O)COC(=O)c2ccc3c(c2)OCCO3)cc1. The van der Waals surface area contributed by atoms with E-state index in [4.69, 9.17) is 14.2 Å². The van der Waals surface area contributed by atoms with Gasteiger partial charge in [0.15, 0.2) is 18.1 Å². The van der Waals surface area contributed by atoms with Crippen molar-refractivity contribution >= 4 is 27.6 Å². The Labute approximate surface area is 181 Å². The molecule has 0 bridgehead atoms. The predicted molar refractivity (Wildman–Crippen MR) is 113 cm³/mol. The van der Waals surface area contributed by atoms with Crippen LogP contribution in [0, 0.1) is 0 Å². The fourth-order valence-electron chi connectivity index (χ4n) is 3.00. The zero-order valence-corrected chi connectivity index (χ0v) is 18.1. The van der Waals surface area contributed by atoms with Crippen LogP contribution in [-0.4, -0.2) is 57.5 Å². The number of amides is 1. The highest BCUT2D eigenvalue weighted by Crippen LogP contribution is 2.30. The van der Waals surface area contributed by atoms with E-state index < -0.39 is 28.5 Å². The first kappa shape index (κ1) is 22.6. The molecule has 1 amide bonds. The number of hydrogen-bond donors (Lipinski definition) is 1. The zero-order valence-electron chi connectivity index (χ0n) is 17.3. The first-order valence-corrected chi connectivity index (χ1v) is 11.3. The number of fused-ring (bicyclic) bond motifs is 1. The summed E-state index contributed by atoms with van der Waals surface area (Å²) < 4.78 is 42.2. The largest absolute Gasteiger partial charge is 0.486 e. The summed E-state index contributed by atoms with van der Waals surface area (Å²) in [5.41, 5.74) is 0.627. The molecule has 3 rings (SSSR count). The fourth-order valence-corrected chi connectivity index (χ4v) is 4.46. The van der Waals surface area contributed by atoms with Crippen LogP contribution < -0.4 is 14.8 Å². The topological polar surface area (TPSA) is 111 Å². The summed E-state index contributed by atoms with van der Waals surface area (Å²) in [6.07, 6.45) is 0. The van der Waals surface area contributed by atoms with Gasteiger partial charge in [-0.05, 0) is 42.5 Å². The summed E-state index contributed by atoms with van der Waals surface area (Å²) in [7, 11) is -3.57. The van der Waals surface area contributed by atoms with E-state index in [2.05, 4.69) is 5.32 Å². The normalized spacial score (nSPS) is 13.0. The Balaban J connectivity index is 1.55. The lowest BCUT2D eigenvalue weighted by Gasteiger charge is -2.18. The molecule has 9 nitrogen and oxygen atoms in total. The molecular weight excluding hydrogens is 424 g/mol. The van der Waals surface area contributed by atoms with E-state index >= 15 is 0 Å². The molecule has 1 N–H and O–H groups in total. The molecule has 1 aliphatic rings. The highest BCUT2D eigenvalue weighted by molar-refractivity contribution is 7.89. The molecule has 31 heavy (non-hydrogen) atoms. The van der Waals surface area contributed by atoms with Crippen molar-refractivity contribution in [2.75, 3.05) is 38.2 Å². The van der Waals surface area contributed by atoms with E-state index in [1.54, 1.807) is 19.9 Å². The van der Waals surface area contributed by atoms with Gasteiger partial charge < -0.3 is 19.5 Å². The van der Waals surface area contributed by atoms with Gasteiger partial charge in [0.25, 0.3) is 5.91 Å². The van der Waals surface area contributed by atoms with Gasteiger partial charge >= 0.3 is 5.97 Å². The Morgan fingerprint density at radius 3 is 2.29 bits per heavy atom. The van der Waals surface area contributed by atoms with Gasteiger partial charge in [-0.2, -0.15) is 4.31 Å².